The van der Waals surface area contributed by atoms with Gasteiger partial charge in [-0.15, -0.1) is 0 Å². The van der Waals surface area contributed by atoms with Crippen LogP contribution in [0.4, 0.5) is 0 Å². The number of ether oxygens (including phenoxy) is 6. The van der Waals surface area contributed by atoms with Crippen molar-refractivity contribution in [2.45, 2.75) is 76.9 Å². The fourth-order valence-electron chi connectivity index (χ4n) is 3.03. The van der Waals surface area contributed by atoms with E-state index in [0.717, 1.165) is 0 Å². The maximum absolute atomic E-state index is 11.0. The minimum Gasteiger partial charge on any atom is -0.463 e. The molecule has 0 saturated carbocycles. The molecule has 0 unspecified atom stereocenters. The number of hydrogen-bond donors (Lipinski definition) is 0. The summed E-state index contributed by atoms with van der Waals surface area (Å²) in [4.78, 5) is 11.0. The minimum absolute atomic E-state index is 0.100. The largest absolute Gasteiger partial charge is 0.463 e. The van der Waals surface area contributed by atoms with E-state index in [1.54, 1.807) is 0 Å². The van der Waals surface area contributed by atoms with Crippen LogP contribution in [0.1, 0.15) is 34.6 Å². The van der Waals surface area contributed by atoms with Crippen LogP contribution in [0, 0.1) is 0 Å². The van der Waals surface area contributed by atoms with E-state index in [9.17, 15) is 4.79 Å². The van der Waals surface area contributed by atoms with Gasteiger partial charge in [0.05, 0.1) is 0 Å². The number of hydrogen-bond acceptors (Lipinski definition) is 7. The van der Waals surface area contributed by atoms with Crippen LogP contribution in [-0.4, -0.2) is 54.9 Å². The first kappa shape index (κ1) is 15.2. The van der Waals surface area contributed by atoms with Gasteiger partial charge in [0.15, 0.2) is 17.9 Å². The van der Waals surface area contributed by atoms with Crippen LogP contribution in [-0.2, 0) is 33.2 Å². The zero-order chi connectivity index (χ0) is 15.4. The van der Waals surface area contributed by atoms with Gasteiger partial charge in [0.2, 0.25) is 0 Å². The zero-order valence-corrected chi connectivity index (χ0v) is 13.0. The Kier molecular flexibility index (Phi) is 3.53. The van der Waals surface area contributed by atoms with Crippen molar-refractivity contribution in [3.8, 4) is 0 Å². The Balaban J connectivity index is 1.80. The highest BCUT2D eigenvalue weighted by atomic mass is 16.9. The summed E-state index contributed by atoms with van der Waals surface area (Å²) in [6.45, 7) is 8.78. The fourth-order valence-corrected chi connectivity index (χ4v) is 3.03. The molecule has 0 aromatic carbocycles. The number of esters is 1. The molecule has 3 aliphatic heterocycles. The molecule has 0 aliphatic carbocycles. The molecule has 0 N–H and O–H groups in total. The van der Waals surface area contributed by atoms with Crippen molar-refractivity contribution in [1.29, 1.82) is 0 Å². The molecule has 21 heavy (non-hydrogen) atoms. The van der Waals surface area contributed by atoms with Gasteiger partial charge in [-0.3, -0.25) is 4.79 Å². The molecule has 0 aromatic heterocycles. The second-order valence-corrected chi connectivity index (χ2v) is 6.51. The minimum atomic E-state index is -0.744. The third kappa shape index (κ3) is 2.93. The van der Waals surface area contributed by atoms with E-state index in [4.69, 9.17) is 28.4 Å². The molecule has 3 fully saturated rings. The van der Waals surface area contributed by atoms with Crippen molar-refractivity contribution in [3.05, 3.63) is 0 Å². The van der Waals surface area contributed by atoms with Gasteiger partial charge in [-0.25, -0.2) is 0 Å². The van der Waals surface area contributed by atoms with Crippen LogP contribution >= 0.6 is 0 Å². The molecule has 3 rings (SSSR count). The number of carbonyl (C=O) groups is 1. The smallest absolute Gasteiger partial charge is 0.302 e. The van der Waals surface area contributed by atoms with Crippen molar-refractivity contribution in [1.82, 2.24) is 0 Å². The highest BCUT2D eigenvalue weighted by Crippen LogP contribution is 2.44. The molecule has 0 radical (unpaired) electrons. The Morgan fingerprint density at radius 2 is 1.52 bits per heavy atom. The van der Waals surface area contributed by atoms with Gasteiger partial charge in [-0.05, 0) is 27.7 Å². The SMILES string of the molecule is CC(=O)OC[C@@H]1O[C@H]2OC(C)(C)O[C@@H]2[C@H]2OC(C)(C)O[C@@H]21. The van der Waals surface area contributed by atoms with Gasteiger partial charge < -0.3 is 28.4 Å². The predicted molar refractivity (Wildman–Crippen MR) is 69.2 cm³/mol. The van der Waals surface area contributed by atoms with Gasteiger partial charge in [0.25, 0.3) is 0 Å². The zero-order valence-electron chi connectivity index (χ0n) is 13.0. The maximum atomic E-state index is 11.0. The normalized spacial score (nSPS) is 43.2. The molecule has 0 amide bonds. The molecular weight excluding hydrogens is 280 g/mol. The van der Waals surface area contributed by atoms with Gasteiger partial charge in [-0.1, -0.05) is 0 Å². The summed E-state index contributed by atoms with van der Waals surface area (Å²) in [6, 6.07) is 0. The second-order valence-electron chi connectivity index (χ2n) is 6.51. The molecule has 0 spiro atoms. The molecule has 0 aromatic rings. The van der Waals surface area contributed by atoms with Crippen LogP contribution in [0.15, 0.2) is 0 Å². The average Bonchev–Trinajstić information content (AvgIpc) is 2.80. The highest BCUT2D eigenvalue weighted by molar-refractivity contribution is 5.65. The summed E-state index contributed by atoms with van der Waals surface area (Å²) in [6.07, 6.45) is -2.04. The number of rotatable bonds is 2. The third-order valence-corrected chi connectivity index (χ3v) is 3.70. The first-order valence-corrected chi connectivity index (χ1v) is 7.17. The molecular formula is C14H22O7. The van der Waals surface area contributed by atoms with E-state index in [2.05, 4.69) is 0 Å². The van der Waals surface area contributed by atoms with Gasteiger partial charge >= 0.3 is 5.97 Å². The molecule has 5 atom stereocenters. The summed E-state index contributed by atoms with van der Waals surface area (Å²) in [5.41, 5.74) is 0. The van der Waals surface area contributed by atoms with E-state index in [0.29, 0.717) is 0 Å². The van der Waals surface area contributed by atoms with Crippen molar-refractivity contribution in [2.75, 3.05) is 6.61 Å². The molecule has 120 valence electrons. The Bertz CT molecular complexity index is 433. The summed E-state index contributed by atoms with van der Waals surface area (Å²) in [5.74, 6) is -1.84. The van der Waals surface area contributed by atoms with E-state index >= 15 is 0 Å². The van der Waals surface area contributed by atoms with E-state index in [1.807, 2.05) is 27.7 Å². The first-order valence-electron chi connectivity index (χ1n) is 7.17. The van der Waals surface area contributed by atoms with E-state index < -0.39 is 24.0 Å². The second kappa shape index (κ2) is 4.89. The van der Waals surface area contributed by atoms with E-state index in [1.165, 1.54) is 6.92 Å². The van der Waals surface area contributed by atoms with Crippen molar-refractivity contribution >= 4 is 5.97 Å². The Labute approximate surface area is 123 Å². The fraction of sp³-hybridized carbons (Fsp3) is 0.929. The monoisotopic (exact) mass is 302 g/mol. The van der Waals surface area contributed by atoms with Crippen molar-refractivity contribution in [2.24, 2.45) is 0 Å². The molecule has 7 nitrogen and oxygen atoms in total. The van der Waals surface area contributed by atoms with Crippen molar-refractivity contribution < 1.29 is 33.2 Å². The van der Waals surface area contributed by atoms with Gasteiger partial charge in [0.1, 0.15) is 31.0 Å². The molecule has 3 heterocycles. The average molecular weight is 302 g/mol. The van der Waals surface area contributed by atoms with E-state index in [-0.39, 0.29) is 30.9 Å². The Morgan fingerprint density at radius 3 is 2.19 bits per heavy atom. The maximum Gasteiger partial charge on any atom is 0.302 e. The van der Waals surface area contributed by atoms with Gasteiger partial charge in [0, 0.05) is 6.92 Å². The Hall–Kier alpha value is -0.730. The predicted octanol–water partition coefficient (Wildman–Crippen LogP) is 0.946. The van der Waals surface area contributed by atoms with Crippen LogP contribution in [0.3, 0.4) is 0 Å². The lowest BCUT2D eigenvalue weighted by Crippen LogP contribution is -2.56. The molecule has 7 heteroatoms. The summed E-state index contributed by atoms with van der Waals surface area (Å²) in [7, 11) is 0. The molecule has 3 saturated heterocycles. The standard InChI is InChI=1S/C14H22O7/c1-7(15)16-6-8-9-10(19-13(2,3)18-9)11-12(17-8)21-14(4,5)20-11/h8-12H,6H2,1-5H3/t8-,9+,10-,11+,12-/m0/s1. The molecule has 3 aliphatic rings. The topological polar surface area (TPSA) is 72.5 Å². The van der Waals surface area contributed by atoms with Crippen molar-refractivity contribution in [3.63, 3.8) is 0 Å². The lowest BCUT2D eigenvalue weighted by molar-refractivity contribution is -0.242. The third-order valence-electron chi connectivity index (χ3n) is 3.70. The van der Waals surface area contributed by atoms with Gasteiger partial charge in [-0.2, -0.15) is 0 Å². The summed E-state index contributed by atoms with van der Waals surface area (Å²) < 4.78 is 34.4. The summed E-state index contributed by atoms with van der Waals surface area (Å²) in [5, 5.41) is 0. The van der Waals surface area contributed by atoms with Crippen LogP contribution < -0.4 is 0 Å². The molecule has 0 bridgehead atoms. The lowest BCUT2D eigenvalue weighted by Gasteiger charge is -2.36. The van der Waals surface area contributed by atoms with Crippen LogP contribution in [0.2, 0.25) is 0 Å². The quantitative estimate of drug-likeness (QED) is 0.703. The van der Waals surface area contributed by atoms with Crippen LogP contribution in [0.25, 0.3) is 0 Å². The lowest BCUT2D eigenvalue weighted by atomic mass is 9.99. The summed E-state index contributed by atoms with van der Waals surface area (Å²) >= 11 is 0. The Morgan fingerprint density at radius 1 is 0.952 bits per heavy atom. The first-order chi connectivity index (χ1) is 9.67. The number of carbonyl (C=O) groups excluding carboxylic acids is 1. The number of fused-ring (bicyclic) bond motifs is 3. The highest BCUT2D eigenvalue weighted by Gasteiger charge is 2.60. The van der Waals surface area contributed by atoms with Crippen LogP contribution in [0.5, 0.6) is 0 Å².